The lowest BCUT2D eigenvalue weighted by Gasteiger charge is -2.39. The Morgan fingerprint density at radius 3 is 1.91 bits per heavy atom. The van der Waals surface area contributed by atoms with Crippen molar-refractivity contribution >= 4 is 7.52 Å². The van der Waals surface area contributed by atoms with E-state index in [-0.39, 0.29) is 12.1 Å². The van der Waals surface area contributed by atoms with Crippen LogP contribution in [0.25, 0.3) is 0 Å². The molecule has 0 bridgehead atoms. The summed E-state index contributed by atoms with van der Waals surface area (Å²) in [6.07, 6.45) is 5.20. The molecule has 5 radical (unpaired) electrons. The Labute approximate surface area is 196 Å². The molecule has 5 heteroatoms. The van der Waals surface area contributed by atoms with Gasteiger partial charge in [0.25, 0.3) is 7.52 Å². The van der Waals surface area contributed by atoms with Gasteiger partial charge in [0.2, 0.25) is 0 Å². The van der Waals surface area contributed by atoms with Crippen molar-refractivity contribution in [3.8, 4) is 0 Å². The monoisotopic (exact) mass is 456 g/mol. The Morgan fingerprint density at radius 1 is 0.848 bits per heavy atom. The number of hydrogen-bond donors (Lipinski definition) is 1. The summed E-state index contributed by atoms with van der Waals surface area (Å²) < 4.78 is 22.7. The van der Waals surface area contributed by atoms with Gasteiger partial charge >= 0.3 is 0 Å². The summed E-state index contributed by atoms with van der Waals surface area (Å²) >= 11 is 0. The number of hydrogen-bond acceptors (Lipinski definition) is 3. The second-order valence-electron chi connectivity index (χ2n) is 8.54. The van der Waals surface area contributed by atoms with E-state index in [4.69, 9.17) is 4.52 Å². The normalized spacial score (nSPS) is 27.2. The second-order valence-corrected chi connectivity index (χ2v) is 10.9. The van der Waals surface area contributed by atoms with Gasteiger partial charge in [0, 0.05) is 12.0 Å². The molecular formula is C28H27NO3P. The van der Waals surface area contributed by atoms with Crippen LogP contribution < -0.4 is 0 Å². The number of nitrogens with zero attached hydrogens (tertiary/aromatic N) is 1. The molecule has 4 nitrogen and oxygen atoms in total. The average Bonchev–Trinajstić information content (AvgIpc) is 3.46. The van der Waals surface area contributed by atoms with Crippen LogP contribution in [0.2, 0.25) is 0 Å². The van der Waals surface area contributed by atoms with Gasteiger partial charge < -0.3 is 9.63 Å². The second kappa shape index (κ2) is 8.85. The molecule has 33 heavy (non-hydrogen) atoms. The molecule has 1 heterocycles. The van der Waals surface area contributed by atoms with Gasteiger partial charge in [-0.3, -0.25) is 4.57 Å². The quantitative estimate of drug-likeness (QED) is 0.483. The van der Waals surface area contributed by atoms with E-state index in [1.54, 1.807) is 0 Å². The van der Waals surface area contributed by atoms with Crippen molar-refractivity contribution in [2.45, 2.75) is 24.7 Å². The van der Waals surface area contributed by atoms with Crippen molar-refractivity contribution in [1.29, 1.82) is 0 Å². The summed E-state index contributed by atoms with van der Waals surface area (Å²) in [5.41, 5.74) is 1.47. The summed E-state index contributed by atoms with van der Waals surface area (Å²) in [7, 11) is -1.60. The van der Waals surface area contributed by atoms with Crippen LogP contribution >= 0.6 is 7.52 Å². The third kappa shape index (κ3) is 3.70. The van der Waals surface area contributed by atoms with Crippen LogP contribution in [-0.2, 0) is 14.7 Å². The lowest BCUT2D eigenvalue weighted by atomic mass is 9.75. The standard InChI is InChI=1S/C28H27NO3P/c1-21-27(22-13-6-3-7-14-22)32-33(31,29(21)2)26-20-12-19-25(26)28(30,23-15-8-4-9-16-23)24-17-10-5-11-18-24/h3-21,27,30H,1-2H3/t21-,27-,33-/m0/s1. The molecule has 3 atom stereocenters. The minimum Gasteiger partial charge on any atom is -0.380 e. The van der Waals surface area contributed by atoms with E-state index in [1.165, 1.54) is 0 Å². The highest BCUT2D eigenvalue weighted by atomic mass is 31.2. The smallest absolute Gasteiger partial charge is 0.281 e. The fourth-order valence-corrected chi connectivity index (χ4v) is 7.38. The summed E-state index contributed by atoms with van der Waals surface area (Å²) in [6, 6.07) is 28.8. The molecule has 167 valence electrons. The summed E-state index contributed by atoms with van der Waals surface area (Å²) in [5, 5.41) is 12.3. The fourth-order valence-electron chi connectivity index (χ4n) is 4.76. The third-order valence-electron chi connectivity index (χ3n) is 6.70. The first-order valence-electron chi connectivity index (χ1n) is 11.1. The molecule has 0 amide bonds. The van der Waals surface area contributed by atoms with Crippen LogP contribution in [-0.4, -0.2) is 22.9 Å². The number of benzene rings is 3. The zero-order valence-electron chi connectivity index (χ0n) is 18.7. The van der Waals surface area contributed by atoms with E-state index in [2.05, 4.69) is 0 Å². The molecule has 1 saturated carbocycles. The molecule has 1 saturated heterocycles. The van der Waals surface area contributed by atoms with Crippen molar-refractivity contribution in [1.82, 2.24) is 4.67 Å². The van der Waals surface area contributed by atoms with Crippen LogP contribution in [0.1, 0.15) is 29.7 Å². The highest BCUT2D eigenvalue weighted by Crippen LogP contribution is 2.74. The van der Waals surface area contributed by atoms with Crippen LogP contribution in [0.3, 0.4) is 0 Å². The van der Waals surface area contributed by atoms with Crippen molar-refractivity contribution in [3.05, 3.63) is 139 Å². The number of aliphatic hydroxyl groups is 1. The number of likely N-dealkylation sites (N-methyl/N-ethyl adjacent to an activating group) is 1. The first-order valence-corrected chi connectivity index (χ1v) is 12.7. The van der Waals surface area contributed by atoms with E-state index >= 15 is 0 Å². The maximum atomic E-state index is 14.5. The van der Waals surface area contributed by atoms with Gasteiger partial charge in [0.05, 0.1) is 5.66 Å². The van der Waals surface area contributed by atoms with Crippen LogP contribution in [0.4, 0.5) is 0 Å². The van der Waals surface area contributed by atoms with Crippen LogP contribution in [0, 0.1) is 30.8 Å². The topological polar surface area (TPSA) is 49.8 Å². The van der Waals surface area contributed by atoms with E-state index in [0.29, 0.717) is 22.7 Å². The zero-order valence-corrected chi connectivity index (χ0v) is 19.6. The number of rotatable bonds is 5. The molecule has 0 unspecified atom stereocenters. The van der Waals surface area contributed by atoms with Crippen LogP contribution in [0.15, 0.2) is 91.0 Å². The van der Waals surface area contributed by atoms with E-state index in [1.807, 2.05) is 129 Å². The molecular weight excluding hydrogens is 429 g/mol. The average molecular weight is 457 g/mol. The Balaban J connectivity index is 1.57. The maximum Gasteiger partial charge on any atom is 0.281 e. The van der Waals surface area contributed by atoms with Crippen molar-refractivity contribution < 1.29 is 14.2 Å². The molecule has 0 spiro atoms. The van der Waals surface area contributed by atoms with Gasteiger partial charge in [-0.15, -0.1) is 0 Å². The maximum absolute atomic E-state index is 14.5. The van der Waals surface area contributed by atoms with Crippen molar-refractivity contribution in [3.63, 3.8) is 0 Å². The van der Waals surface area contributed by atoms with Gasteiger partial charge in [0.15, 0.2) is 0 Å². The minimum absolute atomic E-state index is 0.0949. The first-order chi connectivity index (χ1) is 16.0. The van der Waals surface area contributed by atoms with Crippen molar-refractivity contribution in [2.75, 3.05) is 7.05 Å². The SMILES string of the molecule is C[C@H]1[C@@H](c2ccccc2)O[P@@](=O)([C]2[CH][CH][CH][C]2C(O)(c2ccccc2)c2ccccc2)N1C. The summed E-state index contributed by atoms with van der Waals surface area (Å²) in [4.78, 5) is 0. The first kappa shape index (κ1) is 22.6. The zero-order chi connectivity index (χ0) is 23.1. The predicted molar refractivity (Wildman–Crippen MR) is 130 cm³/mol. The molecule has 2 aliphatic rings. The molecule has 2 fully saturated rings. The van der Waals surface area contributed by atoms with E-state index in [9.17, 15) is 9.67 Å². The molecule has 1 aliphatic carbocycles. The fraction of sp³-hybridized carbons (Fsp3) is 0.179. The molecule has 5 rings (SSSR count). The van der Waals surface area contributed by atoms with E-state index in [0.717, 1.165) is 5.56 Å². The summed E-state index contributed by atoms with van der Waals surface area (Å²) in [6.45, 7) is 2.03. The van der Waals surface area contributed by atoms with Crippen LogP contribution in [0.5, 0.6) is 0 Å². The Bertz CT molecular complexity index is 1080. The molecule has 0 aromatic heterocycles. The van der Waals surface area contributed by atoms with Gasteiger partial charge in [-0.05, 0) is 49.9 Å². The minimum atomic E-state index is -3.45. The van der Waals surface area contributed by atoms with Gasteiger partial charge in [-0.2, -0.15) is 0 Å². The van der Waals surface area contributed by atoms with Crippen molar-refractivity contribution in [2.24, 2.45) is 0 Å². The third-order valence-corrected chi connectivity index (χ3v) is 9.40. The van der Waals surface area contributed by atoms with Gasteiger partial charge in [-0.25, -0.2) is 4.67 Å². The largest absolute Gasteiger partial charge is 0.380 e. The summed E-state index contributed by atoms with van der Waals surface area (Å²) in [5.74, 6) is 0.580. The highest BCUT2D eigenvalue weighted by molar-refractivity contribution is 7.60. The Kier molecular flexibility index (Phi) is 6.05. The highest BCUT2D eigenvalue weighted by Gasteiger charge is 2.60. The van der Waals surface area contributed by atoms with Gasteiger partial charge in [-0.1, -0.05) is 91.0 Å². The molecule has 3 aromatic rings. The molecule has 1 N–H and O–H groups in total. The lowest BCUT2D eigenvalue weighted by Crippen LogP contribution is -2.37. The van der Waals surface area contributed by atoms with E-state index < -0.39 is 13.1 Å². The molecule has 3 aromatic carbocycles. The predicted octanol–water partition coefficient (Wildman–Crippen LogP) is 5.94. The Morgan fingerprint density at radius 2 is 1.36 bits per heavy atom. The Hall–Kier alpha value is -2.23. The lowest BCUT2D eigenvalue weighted by molar-refractivity contribution is 0.103. The molecule has 1 aliphatic heterocycles. The van der Waals surface area contributed by atoms with Gasteiger partial charge in [0.1, 0.15) is 11.7 Å².